The van der Waals surface area contributed by atoms with E-state index in [1.807, 2.05) is 18.2 Å². The van der Waals surface area contributed by atoms with Crippen LogP contribution in [0.5, 0.6) is 0 Å². The number of benzene rings is 1. The Balaban J connectivity index is 2.05. The number of alkyl halides is 1. The van der Waals surface area contributed by atoms with E-state index in [0.717, 1.165) is 13.1 Å². The van der Waals surface area contributed by atoms with Crippen LogP contribution < -0.4 is 5.73 Å². The quantitative estimate of drug-likeness (QED) is 0.813. The van der Waals surface area contributed by atoms with Crippen molar-refractivity contribution in [2.24, 2.45) is 5.73 Å². The van der Waals surface area contributed by atoms with Crippen molar-refractivity contribution in [1.29, 1.82) is 0 Å². The molecule has 0 aromatic heterocycles. The van der Waals surface area contributed by atoms with E-state index < -0.39 is 0 Å². The molecule has 0 unspecified atom stereocenters. The fourth-order valence-corrected chi connectivity index (χ4v) is 2.27. The highest BCUT2D eigenvalue weighted by Crippen LogP contribution is 2.25. The molecule has 1 aliphatic heterocycles. The summed E-state index contributed by atoms with van der Waals surface area (Å²) in [5.74, 6) is 0.359. The first kappa shape index (κ1) is 10.6. The summed E-state index contributed by atoms with van der Waals surface area (Å²) in [6.07, 6.45) is 0. The maximum absolute atomic E-state index is 12.2. The Bertz CT molecular complexity index is 302. The van der Waals surface area contributed by atoms with Crippen LogP contribution in [0.1, 0.15) is 11.5 Å². The van der Waals surface area contributed by atoms with Crippen LogP contribution in [0.4, 0.5) is 4.39 Å². The molecule has 1 fully saturated rings. The largest absolute Gasteiger partial charge is 0.326 e. The molecule has 1 aliphatic rings. The molecule has 0 spiro atoms. The molecule has 1 aromatic rings. The molecule has 0 amide bonds. The number of hydrogen-bond acceptors (Lipinski definition) is 2. The van der Waals surface area contributed by atoms with Gasteiger partial charge in [-0.15, -0.1) is 0 Å². The van der Waals surface area contributed by atoms with Crippen LogP contribution in [0.15, 0.2) is 30.3 Å². The molecule has 2 nitrogen and oxygen atoms in total. The summed E-state index contributed by atoms with van der Waals surface area (Å²) in [4.78, 5) is 2.10. The summed E-state index contributed by atoms with van der Waals surface area (Å²) < 4.78 is 12.2. The Hall–Kier alpha value is -0.930. The number of nitrogens with two attached hydrogens (primary N) is 1. The van der Waals surface area contributed by atoms with E-state index in [9.17, 15) is 4.39 Å². The zero-order valence-corrected chi connectivity index (χ0v) is 8.77. The molecule has 1 heterocycles. The summed E-state index contributed by atoms with van der Waals surface area (Å²) >= 11 is 0. The van der Waals surface area contributed by atoms with E-state index >= 15 is 0 Å². The minimum absolute atomic E-state index is 0.138. The van der Waals surface area contributed by atoms with Gasteiger partial charge >= 0.3 is 0 Å². The summed E-state index contributed by atoms with van der Waals surface area (Å²) in [7, 11) is 0. The molecular weight excluding hydrogens is 191 g/mol. The fraction of sp³-hybridized carbons (Fsp3) is 0.500. The first-order valence-electron chi connectivity index (χ1n) is 5.40. The Morgan fingerprint density at radius 3 is 2.67 bits per heavy atom. The van der Waals surface area contributed by atoms with Crippen molar-refractivity contribution in [2.45, 2.75) is 12.0 Å². The van der Waals surface area contributed by atoms with Crippen LogP contribution >= 0.6 is 0 Å². The van der Waals surface area contributed by atoms with E-state index in [1.54, 1.807) is 0 Å². The van der Waals surface area contributed by atoms with E-state index in [4.69, 9.17) is 5.73 Å². The fourth-order valence-electron chi connectivity index (χ4n) is 2.27. The number of hydrogen-bond donors (Lipinski definition) is 1. The molecule has 0 radical (unpaired) electrons. The topological polar surface area (TPSA) is 29.3 Å². The normalized spacial score (nSPS) is 27.1. The Kier molecular flexibility index (Phi) is 3.34. The molecule has 2 rings (SSSR count). The highest BCUT2D eigenvalue weighted by molar-refractivity contribution is 5.23. The molecule has 0 saturated carbocycles. The van der Waals surface area contributed by atoms with Crippen LogP contribution in [-0.2, 0) is 0 Å². The van der Waals surface area contributed by atoms with Crippen LogP contribution in [0.3, 0.4) is 0 Å². The Morgan fingerprint density at radius 2 is 2.00 bits per heavy atom. The van der Waals surface area contributed by atoms with Crippen molar-refractivity contribution < 1.29 is 4.39 Å². The predicted octanol–water partition coefficient (Wildman–Crippen LogP) is 1.38. The van der Waals surface area contributed by atoms with E-state index in [2.05, 4.69) is 17.0 Å². The third-order valence-corrected chi connectivity index (χ3v) is 3.07. The summed E-state index contributed by atoms with van der Waals surface area (Å²) in [5, 5.41) is 0. The van der Waals surface area contributed by atoms with Crippen molar-refractivity contribution in [1.82, 2.24) is 4.90 Å². The molecule has 1 saturated heterocycles. The molecule has 2 atom stereocenters. The standard InChI is InChI=1S/C12H17FN2/c13-6-7-15-8-11(12(14)9-15)10-4-2-1-3-5-10/h1-5,11-12H,6-9,14H2/t11-,12+/m1/s1. The zero-order valence-electron chi connectivity index (χ0n) is 8.77. The van der Waals surface area contributed by atoms with Gasteiger partial charge in [0.15, 0.2) is 0 Å². The maximum Gasteiger partial charge on any atom is 0.102 e. The minimum Gasteiger partial charge on any atom is -0.326 e. The second-order valence-corrected chi connectivity index (χ2v) is 4.13. The molecule has 0 bridgehead atoms. The zero-order chi connectivity index (χ0) is 10.7. The van der Waals surface area contributed by atoms with Crippen molar-refractivity contribution in [3.8, 4) is 0 Å². The predicted molar refractivity (Wildman–Crippen MR) is 59.6 cm³/mol. The van der Waals surface area contributed by atoms with Crippen LogP contribution in [-0.4, -0.2) is 37.3 Å². The lowest BCUT2D eigenvalue weighted by atomic mass is 9.95. The third-order valence-electron chi connectivity index (χ3n) is 3.07. The smallest absolute Gasteiger partial charge is 0.102 e. The summed E-state index contributed by atoms with van der Waals surface area (Å²) in [6, 6.07) is 10.4. The lowest BCUT2D eigenvalue weighted by Gasteiger charge is -2.14. The van der Waals surface area contributed by atoms with Crippen molar-refractivity contribution in [2.75, 3.05) is 26.3 Å². The average molecular weight is 208 g/mol. The number of nitrogens with zero attached hydrogens (tertiary/aromatic N) is 1. The lowest BCUT2D eigenvalue weighted by molar-refractivity contribution is 0.292. The molecule has 0 aliphatic carbocycles. The van der Waals surface area contributed by atoms with Gasteiger partial charge in [-0.05, 0) is 5.56 Å². The van der Waals surface area contributed by atoms with Crippen LogP contribution in [0.2, 0.25) is 0 Å². The third kappa shape index (κ3) is 2.36. The van der Waals surface area contributed by atoms with Gasteiger partial charge in [0, 0.05) is 31.6 Å². The van der Waals surface area contributed by atoms with Crippen molar-refractivity contribution in [3.05, 3.63) is 35.9 Å². The molecule has 15 heavy (non-hydrogen) atoms. The van der Waals surface area contributed by atoms with Crippen molar-refractivity contribution in [3.63, 3.8) is 0 Å². The Morgan fingerprint density at radius 1 is 1.27 bits per heavy atom. The second-order valence-electron chi connectivity index (χ2n) is 4.13. The number of rotatable bonds is 3. The van der Waals surface area contributed by atoms with Crippen molar-refractivity contribution >= 4 is 0 Å². The van der Waals surface area contributed by atoms with Gasteiger partial charge in [-0.2, -0.15) is 0 Å². The van der Waals surface area contributed by atoms with Gasteiger partial charge in [0.25, 0.3) is 0 Å². The lowest BCUT2D eigenvalue weighted by Crippen LogP contribution is -2.29. The number of likely N-dealkylation sites (tertiary alicyclic amines) is 1. The van der Waals surface area contributed by atoms with E-state index in [1.165, 1.54) is 5.56 Å². The molecule has 82 valence electrons. The van der Waals surface area contributed by atoms with Gasteiger partial charge in [0.1, 0.15) is 6.67 Å². The average Bonchev–Trinajstić information content (AvgIpc) is 2.61. The highest BCUT2D eigenvalue weighted by Gasteiger charge is 2.30. The van der Waals surface area contributed by atoms with Gasteiger partial charge in [0.05, 0.1) is 0 Å². The Labute approximate surface area is 89.9 Å². The molecule has 2 N–H and O–H groups in total. The molecule has 3 heteroatoms. The van der Waals surface area contributed by atoms with Gasteiger partial charge < -0.3 is 5.73 Å². The van der Waals surface area contributed by atoms with E-state index in [-0.39, 0.29) is 12.7 Å². The first-order valence-corrected chi connectivity index (χ1v) is 5.40. The first-order chi connectivity index (χ1) is 7.31. The van der Waals surface area contributed by atoms with Gasteiger partial charge in [0.2, 0.25) is 0 Å². The molecule has 1 aromatic carbocycles. The van der Waals surface area contributed by atoms with Crippen LogP contribution in [0, 0.1) is 0 Å². The summed E-state index contributed by atoms with van der Waals surface area (Å²) in [5.41, 5.74) is 7.34. The highest BCUT2D eigenvalue weighted by atomic mass is 19.1. The number of halogens is 1. The monoisotopic (exact) mass is 208 g/mol. The molecular formula is C12H17FN2. The minimum atomic E-state index is -0.284. The summed E-state index contributed by atoms with van der Waals surface area (Å²) in [6.45, 7) is 1.92. The maximum atomic E-state index is 12.2. The van der Waals surface area contributed by atoms with Gasteiger partial charge in [-0.25, -0.2) is 4.39 Å². The second kappa shape index (κ2) is 4.73. The SMILES string of the molecule is N[C@H]1CN(CCF)C[C@@H]1c1ccccc1. The van der Waals surface area contributed by atoms with Gasteiger partial charge in [-0.3, -0.25) is 4.90 Å². The van der Waals surface area contributed by atoms with E-state index in [0.29, 0.717) is 12.5 Å². The van der Waals surface area contributed by atoms with Crippen LogP contribution in [0.25, 0.3) is 0 Å². The van der Waals surface area contributed by atoms with Gasteiger partial charge in [-0.1, -0.05) is 30.3 Å².